The zero-order chi connectivity index (χ0) is 23.5. The number of benzene rings is 2. The fraction of sp³-hybridized carbons (Fsp3) is 0.370. The van der Waals surface area contributed by atoms with Gasteiger partial charge in [-0.15, -0.1) is 0 Å². The van der Waals surface area contributed by atoms with Gasteiger partial charge in [0.1, 0.15) is 11.4 Å². The van der Waals surface area contributed by atoms with Crippen LogP contribution in [0.15, 0.2) is 58.1 Å². The molecule has 1 fully saturated rings. The van der Waals surface area contributed by atoms with Gasteiger partial charge in [0.25, 0.3) is 16.8 Å². The highest BCUT2D eigenvalue weighted by Crippen LogP contribution is 2.26. The Morgan fingerprint density at radius 3 is 2.21 bits per heavy atom. The second-order valence-corrected chi connectivity index (χ2v) is 9.33. The summed E-state index contributed by atoms with van der Waals surface area (Å²) < 4.78 is 0. The molecule has 3 aromatic rings. The normalized spacial score (nSPS) is 14.6. The van der Waals surface area contributed by atoms with Crippen molar-refractivity contribution in [3.63, 3.8) is 0 Å². The molecule has 0 radical (unpaired) electrons. The number of rotatable bonds is 7. The molecule has 0 aliphatic carbocycles. The number of hydrogen-bond donors (Lipinski definition) is 2. The molecular weight excluding hydrogens is 414 g/mol. The predicted octanol–water partition coefficient (Wildman–Crippen LogP) is 4.51. The van der Waals surface area contributed by atoms with Gasteiger partial charge in [0.05, 0.1) is 0 Å². The van der Waals surface area contributed by atoms with E-state index in [1.165, 1.54) is 5.56 Å². The van der Waals surface area contributed by atoms with Crippen LogP contribution in [0, 0.1) is 5.92 Å². The Kier molecular flexibility index (Phi) is 6.63. The molecule has 172 valence electrons. The lowest BCUT2D eigenvalue weighted by molar-refractivity contribution is 0.102. The molecule has 0 atom stereocenters. The van der Waals surface area contributed by atoms with E-state index in [1.54, 1.807) is 12.1 Å². The van der Waals surface area contributed by atoms with Crippen molar-refractivity contribution in [3.8, 4) is 0 Å². The third-order valence-electron chi connectivity index (χ3n) is 6.51. The molecule has 6 nitrogen and oxygen atoms in total. The number of carbonyl (C=O) groups excluding carboxylic acids is 1. The molecule has 1 aliphatic heterocycles. The second kappa shape index (κ2) is 9.61. The Labute approximate surface area is 194 Å². The van der Waals surface area contributed by atoms with E-state index in [1.807, 2.05) is 41.3 Å². The number of nitrogens with zero attached hydrogens (tertiary/aromatic N) is 1. The maximum atomic E-state index is 12.6. The van der Waals surface area contributed by atoms with Crippen molar-refractivity contribution in [1.29, 1.82) is 0 Å². The second-order valence-electron chi connectivity index (χ2n) is 9.33. The lowest BCUT2D eigenvalue weighted by Gasteiger charge is -2.33. The molecule has 3 aromatic carbocycles. The first-order valence-corrected chi connectivity index (χ1v) is 11.7. The van der Waals surface area contributed by atoms with Gasteiger partial charge in [-0.1, -0.05) is 45.0 Å². The van der Waals surface area contributed by atoms with Crippen LogP contribution in [0.3, 0.4) is 0 Å². The number of amides is 1. The zero-order valence-corrected chi connectivity index (χ0v) is 19.5. The minimum atomic E-state index is -0.442. The van der Waals surface area contributed by atoms with Crippen molar-refractivity contribution in [3.05, 3.63) is 85.7 Å². The minimum absolute atomic E-state index is 0.170. The Morgan fingerprint density at radius 2 is 1.61 bits per heavy atom. The van der Waals surface area contributed by atoms with Gasteiger partial charge in [-0.3, -0.25) is 14.4 Å². The third kappa shape index (κ3) is 5.00. The van der Waals surface area contributed by atoms with E-state index in [9.17, 15) is 14.4 Å². The molecule has 1 saturated heterocycles. The van der Waals surface area contributed by atoms with Crippen LogP contribution in [0.25, 0.3) is 0 Å². The van der Waals surface area contributed by atoms with Crippen molar-refractivity contribution >= 4 is 23.0 Å². The summed E-state index contributed by atoms with van der Waals surface area (Å²) in [5, 5.41) is 6.06. The zero-order valence-electron chi connectivity index (χ0n) is 19.5. The number of piperidine rings is 1. The third-order valence-corrected chi connectivity index (χ3v) is 6.51. The quantitative estimate of drug-likeness (QED) is 0.523. The molecule has 33 heavy (non-hydrogen) atoms. The molecule has 0 spiro atoms. The van der Waals surface area contributed by atoms with E-state index in [2.05, 4.69) is 31.4 Å². The van der Waals surface area contributed by atoms with Crippen LogP contribution in [-0.4, -0.2) is 19.0 Å². The van der Waals surface area contributed by atoms with E-state index in [0.717, 1.165) is 37.2 Å². The predicted molar refractivity (Wildman–Crippen MR) is 134 cm³/mol. The minimum Gasteiger partial charge on any atom is -0.376 e. The van der Waals surface area contributed by atoms with Gasteiger partial charge in [-0.2, -0.15) is 0 Å². The van der Waals surface area contributed by atoms with Crippen LogP contribution in [0.4, 0.5) is 17.1 Å². The standard InChI is InChI=1S/C27H31N3O3/c1-17(2)20-8-10-22(11-9-20)29-27(33)21-6-4-19(5-7-21)16-28-23-24(26(32)25(23)31)30-14-12-18(3)13-15-30/h4-11,17-18,28H,12-16H2,1-3H3,(H,29,33). The van der Waals surface area contributed by atoms with Crippen molar-refractivity contribution in [2.75, 3.05) is 28.6 Å². The van der Waals surface area contributed by atoms with Crippen molar-refractivity contribution < 1.29 is 4.79 Å². The molecule has 0 bridgehead atoms. The fourth-order valence-electron chi connectivity index (χ4n) is 4.20. The van der Waals surface area contributed by atoms with E-state index in [0.29, 0.717) is 35.3 Å². The van der Waals surface area contributed by atoms with E-state index in [4.69, 9.17) is 0 Å². The summed E-state index contributed by atoms with van der Waals surface area (Å²) in [6.45, 7) is 8.52. The highest BCUT2D eigenvalue weighted by Gasteiger charge is 2.28. The molecule has 6 heteroatoms. The Hall–Kier alpha value is -3.41. The van der Waals surface area contributed by atoms with Gasteiger partial charge in [0, 0.05) is 30.9 Å². The smallest absolute Gasteiger partial charge is 0.255 e. The van der Waals surface area contributed by atoms with Crippen LogP contribution in [-0.2, 0) is 6.54 Å². The first-order valence-electron chi connectivity index (χ1n) is 11.7. The summed E-state index contributed by atoms with van der Waals surface area (Å²) >= 11 is 0. The van der Waals surface area contributed by atoms with Crippen molar-refractivity contribution in [2.24, 2.45) is 5.92 Å². The highest BCUT2D eigenvalue weighted by molar-refractivity contribution is 6.04. The largest absolute Gasteiger partial charge is 0.376 e. The van der Waals surface area contributed by atoms with E-state index in [-0.39, 0.29) is 11.3 Å². The topological polar surface area (TPSA) is 78.5 Å². The van der Waals surface area contributed by atoms with Gasteiger partial charge >= 0.3 is 0 Å². The molecule has 1 aliphatic rings. The average molecular weight is 446 g/mol. The molecular formula is C27H31N3O3. The Balaban J connectivity index is 1.36. The number of hydrogen-bond acceptors (Lipinski definition) is 5. The SMILES string of the molecule is CC1CCN(c2c(NCc3ccc(C(=O)Nc4ccc(C(C)C)cc4)cc3)c(=O)c2=O)CC1. The van der Waals surface area contributed by atoms with Crippen molar-refractivity contribution in [2.45, 2.75) is 46.1 Å². The summed E-state index contributed by atoms with van der Waals surface area (Å²) in [4.78, 5) is 38.9. The Bertz CT molecular complexity index is 1180. The monoisotopic (exact) mass is 445 g/mol. The maximum absolute atomic E-state index is 12.6. The number of nitrogens with one attached hydrogen (secondary N) is 2. The lowest BCUT2D eigenvalue weighted by Crippen LogP contribution is -2.45. The van der Waals surface area contributed by atoms with Crippen LogP contribution in [0.1, 0.15) is 61.0 Å². The maximum Gasteiger partial charge on any atom is 0.255 e. The lowest BCUT2D eigenvalue weighted by atomic mass is 9.98. The molecule has 4 rings (SSSR count). The number of carbonyl (C=O) groups is 1. The molecule has 1 amide bonds. The Morgan fingerprint density at radius 1 is 0.970 bits per heavy atom. The summed E-state index contributed by atoms with van der Waals surface area (Å²) in [6, 6.07) is 15.1. The first-order chi connectivity index (χ1) is 15.8. The van der Waals surface area contributed by atoms with Crippen LogP contribution < -0.4 is 26.4 Å². The van der Waals surface area contributed by atoms with Gasteiger partial charge < -0.3 is 15.5 Å². The van der Waals surface area contributed by atoms with Gasteiger partial charge in [-0.05, 0) is 60.1 Å². The number of anilines is 3. The van der Waals surface area contributed by atoms with Gasteiger partial charge in [0.2, 0.25) is 0 Å². The molecule has 0 unspecified atom stereocenters. The van der Waals surface area contributed by atoms with Crippen LogP contribution >= 0.6 is 0 Å². The summed E-state index contributed by atoms with van der Waals surface area (Å²) in [5.74, 6) is 0.926. The summed E-state index contributed by atoms with van der Waals surface area (Å²) in [6.07, 6.45) is 2.06. The van der Waals surface area contributed by atoms with E-state index < -0.39 is 5.43 Å². The molecule has 1 heterocycles. The molecule has 2 N–H and O–H groups in total. The van der Waals surface area contributed by atoms with Crippen LogP contribution in [0.2, 0.25) is 0 Å². The molecule has 0 aromatic heterocycles. The first kappa shape index (κ1) is 22.8. The molecule has 0 saturated carbocycles. The summed E-state index contributed by atoms with van der Waals surface area (Å²) in [7, 11) is 0. The fourth-order valence-corrected chi connectivity index (χ4v) is 4.20. The van der Waals surface area contributed by atoms with E-state index >= 15 is 0 Å². The van der Waals surface area contributed by atoms with Crippen LogP contribution in [0.5, 0.6) is 0 Å². The highest BCUT2D eigenvalue weighted by atomic mass is 16.2. The van der Waals surface area contributed by atoms with Gasteiger partial charge in [-0.25, -0.2) is 0 Å². The van der Waals surface area contributed by atoms with Crippen molar-refractivity contribution in [1.82, 2.24) is 0 Å². The van der Waals surface area contributed by atoms with Gasteiger partial charge in [0.15, 0.2) is 0 Å². The average Bonchev–Trinajstić information content (AvgIpc) is 2.82. The summed E-state index contributed by atoms with van der Waals surface area (Å²) in [5.41, 5.74) is 3.60.